The minimum absolute atomic E-state index is 0.00708. The van der Waals surface area contributed by atoms with Gasteiger partial charge in [0.1, 0.15) is 10.7 Å². The van der Waals surface area contributed by atoms with Crippen molar-refractivity contribution < 1.29 is 31.1 Å². The van der Waals surface area contributed by atoms with Gasteiger partial charge in [0.15, 0.2) is 15.1 Å². The van der Waals surface area contributed by atoms with Crippen LogP contribution in [-0.4, -0.2) is 56.1 Å². The van der Waals surface area contributed by atoms with E-state index < -0.39 is 32.0 Å². The van der Waals surface area contributed by atoms with E-state index >= 15 is 0 Å². The molecular formula is C17H21F4NO3S. The molecule has 1 aliphatic heterocycles. The lowest BCUT2D eigenvalue weighted by Gasteiger charge is -2.32. The Balaban J connectivity index is 2.34. The SMILES string of the molecule is C=CC(C(F)(F)F)S(=O)(=O)c1cccc(C2CCN(CCO)CC2)c1F. The van der Waals surface area contributed by atoms with E-state index in [1.807, 2.05) is 4.90 Å². The number of rotatable bonds is 6. The molecule has 0 aliphatic carbocycles. The molecule has 4 nitrogen and oxygen atoms in total. The molecule has 1 saturated heterocycles. The molecule has 0 saturated carbocycles. The van der Waals surface area contributed by atoms with Crippen molar-refractivity contribution in [2.24, 2.45) is 0 Å². The van der Waals surface area contributed by atoms with Gasteiger partial charge >= 0.3 is 6.18 Å². The fourth-order valence-electron chi connectivity index (χ4n) is 3.24. The molecule has 146 valence electrons. The third kappa shape index (κ3) is 4.27. The van der Waals surface area contributed by atoms with Gasteiger partial charge in [-0.2, -0.15) is 13.2 Å². The Kier molecular flexibility index (Phi) is 6.46. The largest absolute Gasteiger partial charge is 0.409 e. The van der Waals surface area contributed by atoms with E-state index in [0.29, 0.717) is 32.5 Å². The number of sulfone groups is 1. The predicted octanol–water partition coefficient (Wildman–Crippen LogP) is 2.89. The molecule has 1 unspecified atom stereocenters. The molecule has 1 atom stereocenters. The van der Waals surface area contributed by atoms with Crippen LogP contribution in [0.1, 0.15) is 24.3 Å². The Bertz CT molecular complexity index is 741. The topological polar surface area (TPSA) is 57.6 Å². The smallest absolute Gasteiger partial charge is 0.395 e. The van der Waals surface area contributed by atoms with Crippen molar-refractivity contribution in [2.75, 3.05) is 26.2 Å². The van der Waals surface area contributed by atoms with Crippen LogP contribution in [0.4, 0.5) is 17.6 Å². The highest BCUT2D eigenvalue weighted by Gasteiger charge is 2.48. The summed E-state index contributed by atoms with van der Waals surface area (Å²) in [6, 6.07) is 3.54. The van der Waals surface area contributed by atoms with Crippen molar-refractivity contribution >= 4 is 9.84 Å². The van der Waals surface area contributed by atoms with Crippen LogP contribution in [0.25, 0.3) is 0 Å². The molecule has 1 N–H and O–H groups in total. The van der Waals surface area contributed by atoms with E-state index in [1.54, 1.807) is 0 Å². The van der Waals surface area contributed by atoms with Crippen LogP contribution in [0.15, 0.2) is 35.7 Å². The van der Waals surface area contributed by atoms with Gasteiger partial charge in [0.2, 0.25) is 0 Å². The second-order valence-electron chi connectivity index (χ2n) is 6.24. The molecule has 1 heterocycles. The number of hydrogen-bond donors (Lipinski definition) is 1. The molecule has 1 aromatic carbocycles. The Hall–Kier alpha value is -1.45. The molecule has 0 radical (unpaired) electrons. The maximum atomic E-state index is 14.8. The molecule has 1 aliphatic rings. The van der Waals surface area contributed by atoms with Crippen LogP contribution in [0.2, 0.25) is 0 Å². The van der Waals surface area contributed by atoms with Crippen molar-refractivity contribution in [1.82, 2.24) is 4.90 Å². The minimum Gasteiger partial charge on any atom is -0.395 e. The lowest BCUT2D eigenvalue weighted by Crippen LogP contribution is -2.36. The number of halogens is 4. The summed E-state index contributed by atoms with van der Waals surface area (Å²) in [6.45, 7) is 4.64. The number of hydrogen-bond acceptors (Lipinski definition) is 4. The lowest BCUT2D eigenvalue weighted by molar-refractivity contribution is -0.121. The van der Waals surface area contributed by atoms with Crippen molar-refractivity contribution in [2.45, 2.75) is 35.1 Å². The maximum absolute atomic E-state index is 14.8. The van der Waals surface area contributed by atoms with Crippen LogP contribution < -0.4 is 0 Å². The van der Waals surface area contributed by atoms with Gasteiger partial charge in [0.05, 0.1) is 6.61 Å². The van der Waals surface area contributed by atoms with Crippen LogP contribution in [-0.2, 0) is 9.84 Å². The Labute approximate surface area is 150 Å². The van der Waals surface area contributed by atoms with Gasteiger partial charge in [0.25, 0.3) is 0 Å². The molecule has 0 amide bonds. The quantitative estimate of drug-likeness (QED) is 0.595. The van der Waals surface area contributed by atoms with Gasteiger partial charge in [-0.25, -0.2) is 12.8 Å². The van der Waals surface area contributed by atoms with E-state index in [9.17, 15) is 26.0 Å². The van der Waals surface area contributed by atoms with Gasteiger partial charge in [-0.3, -0.25) is 0 Å². The number of aliphatic hydroxyl groups is 1. The standard InChI is InChI=1S/C17H21F4NO3S/c1-2-15(17(19,20)21)26(24,25)14-5-3-4-13(16(14)18)12-6-8-22(9-7-12)10-11-23/h2-5,12,15,23H,1,6-11H2. The van der Waals surface area contributed by atoms with Gasteiger partial charge in [0, 0.05) is 6.54 Å². The first-order valence-electron chi connectivity index (χ1n) is 8.17. The first-order chi connectivity index (χ1) is 12.1. The molecular weight excluding hydrogens is 374 g/mol. The second-order valence-corrected chi connectivity index (χ2v) is 8.28. The third-order valence-corrected chi connectivity index (χ3v) is 6.67. The van der Waals surface area contributed by atoms with Crippen LogP contribution in [0.3, 0.4) is 0 Å². The fourth-order valence-corrected chi connectivity index (χ4v) is 4.76. The second kappa shape index (κ2) is 8.06. The first kappa shape index (κ1) is 20.9. The summed E-state index contributed by atoms with van der Waals surface area (Å²) in [4.78, 5) is 1.04. The van der Waals surface area contributed by atoms with Crippen molar-refractivity contribution in [3.05, 3.63) is 42.2 Å². The van der Waals surface area contributed by atoms with E-state index in [2.05, 4.69) is 6.58 Å². The number of nitrogens with zero attached hydrogens (tertiary/aromatic N) is 1. The molecule has 0 bridgehead atoms. The summed E-state index contributed by atoms with van der Waals surface area (Å²) in [5.74, 6) is -1.41. The van der Waals surface area contributed by atoms with Gasteiger partial charge < -0.3 is 10.0 Å². The number of β-amino-alcohol motifs (C(OH)–C–C–N with tert-alkyl or cyclic N) is 1. The average Bonchev–Trinajstić information content (AvgIpc) is 2.55. The summed E-state index contributed by atoms with van der Waals surface area (Å²) >= 11 is 0. The zero-order valence-electron chi connectivity index (χ0n) is 14.0. The monoisotopic (exact) mass is 395 g/mol. The van der Waals surface area contributed by atoms with Crippen LogP contribution >= 0.6 is 0 Å². The molecule has 1 aromatic rings. The maximum Gasteiger partial charge on any atom is 0.409 e. The average molecular weight is 395 g/mol. The van der Waals surface area contributed by atoms with Crippen molar-refractivity contribution in [3.63, 3.8) is 0 Å². The van der Waals surface area contributed by atoms with Crippen molar-refractivity contribution in [3.8, 4) is 0 Å². The van der Waals surface area contributed by atoms with Crippen LogP contribution in [0.5, 0.6) is 0 Å². The molecule has 26 heavy (non-hydrogen) atoms. The molecule has 0 aromatic heterocycles. The molecule has 9 heteroatoms. The molecule has 1 fully saturated rings. The van der Waals surface area contributed by atoms with Gasteiger partial charge in [-0.15, -0.1) is 6.58 Å². The van der Waals surface area contributed by atoms with E-state index in [4.69, 9.17) is 5.11 Å². The van der Waals surface area contributed by atoms with Gasteiger partial charge in [-0.1, -0.05) is 18.2 Å². The third-order valence-electron chi connectivity index (χ3n) is 4.61. The van der Waals surface area contributed by atoms with E-state index in [-0.39, 0.29) is 24.2 Å². The molecule has 2 rings (SSSR count). The minimum atomic E-state index is -5.07. The first-order valence-corrected chi connectivity index (χ1v) is 9.72. The number of alkyl halides is 3. The van der Waals surface area contributed by atoms with Gasteiger partial charge in [-0.05, 0) is 43.5 Å². The number of likely N-dealkylation sites (tertiary alicyclic amines) is 1. The van der Waals surface area contributed by atoms with Crippen molar-refractivity contribution in [1.29, 1.82) is 0 Å². The highest BCUT2D eigenvalue weighted by molar-refractivity contribution is 7.92. The Morgan fingerprint density at radius 1 is 1.31 bits per heavy atom. The van der Waals surface area contributed by atoms with Crippen LogP contribution in [0, 0.1) is 5.82 Å². The lowest BCUT2D eigenvalue weighted by atomic mass is 9.89. The Morgan fingerprint density at radius 3 is 2.42 bits per heavy atom. The predicted molar refractivity (Wildman–Crippen MR) is 89.1 cm³/mol. The summed E-state index contributed by atoms with van der Waals surface area (Å²) in [5, 5.41) is 6.09. The zero-order chi connectivity index (χ0) is 19.5. The fraction of sp³-hybridized carbons (Fsp3) is 0.529. The number of piperidine rings is 1. The molecule has 0 spiro atoms. The summed E-state index contributed by atoms with van der Waals surface area (Å²) in [6.07, 6.45) is -3.73. The summed E-state index contributed by atoms with van der Waals surface area (Å²) in [5.41, 5.74) is 0.111. The Morgan fingerprint density at radius 2 is 1.92 bits per heavy atom. The summed E-state index contributed by atoms with van der Waals surface area (Å²) < 4.78 is 78.5. The number of aliphatic hydroxyl groups excluding tert-OH is 1. The normalized spacial score (nSPS) is 18.7. The number of benzene rings is 1. The van der Waals surface area contributed by atoms with E-state index in [1.165, 1.54) is 12.1 Å². The highest BCUT2D eigenvalue weighted by atomic mass is 32.2. The zero-order valence-corrected chi connectivity index (χ0v) is 14.9. The highest BCUT2D eigenvalue weighted by Crippen LogP contribution is 2.36. The van der Waals surface area contributed by atoms with E-state index in [0.717, 1.165) is 6.07 Å². The summed E-state index contributed by atoms with van der Waals surface area (Å²) in [7, 11) is -4.98.